The molecular formula is C11H16BrClN2O2S. The maximum atomic E-state index is 12.1. The molecule has 4 nitrogen and oxygen atoms in total. The molecule has 1 aromatic carbocycles. The van der Waals surface area contributed by atoms with Crippen LogP contribution in [0.25, 0.3) is 0 Å². The Balaban J connectivity index is 2.95. The fraction of sp³-hybridized carbons (Fsp3) is 0.455. The normalized spacial score (nSPS) is 13.6. The molecule has 0 heterocycles. The fourth-order valence-electron chi connectivity index (χ4n) is 1.50. The zero-order chi connectivity index (χ0) is 13.8. The van der Waals surface area contributed by atoms with Gasteiger partial charge in [-0.2, -0.15) is 0 Å². The zero-order valence-electron chi connectivity index (χ0n) is 9.99. The lowest BCUT2D eigenvalue weighted by Gasteiger charge is -2.16. The first-order valence-electron chi connectivity index (χ1n) is 5.58. The lowest BCUT2D eigenvalue weighted by atomic mass is 10.2. The van der Waals surface area contributed by atoms with E-state index in [2.05, 4.69) is 20.7 Å². The van der Waals surface area contributed by atoms with Gasteiger partial charge >= 0.3 is 0 Å². The topological polar surface area (TPSA) is 72.2 Å². The van der Waals surface area contributed by atoms with Gasteiger partial charge < -0.3 is 5.73 Å². The Kier molecular flexibility index (Phi) is 6.07. The van der Waals surface area contributed by atoms with Crippen LogP contribution in [-0.2, 0) is 10.0 Å². The monoisotopic (exact) mass is 354 g/mol. The van der Waals surface area contributed by atoms with Gasteiger partial charge in [0.1, 0.15) is 0 Å². The fourth-order valence-corrected chi connectivity index (χ4v) is 3.46. The second-order valence-corrected chi connectivity index (χ2v) is 6.89. The third-order valence-electron chi connectivity index (χ3n) is 2.44. The van der Waals surface area contributed by atoms with Crippen LogP contribution in [0.3, 0.4) is 0 Å². The van der Waals surface area contributed by atoms with E-state index in [0.29, 0.717) is 15.9 Å². The number of nitrogens with two attached hydrogens (primary N) is 1. The highest BCUT2D eigenvalue weighted by atomic mass is 79.9. The number of halogens is 2. The Labute approximate surface area is 121 Å². The van der Waals surface area contributed by atoms with Crippen molar-refractivity contribution in [2.75, 3.05) is 6.54 Å². The van der Waals surface area contributed by atoms with Crippen molar-refractivity contribution in [2.45, 2.75) is 30.7 Å². The first kappa shape index (κ1) is 15.9. The molecule has 0 aliphatic heterocycles. The summed E-state index contributed by atoms with van der Waals surface area (Å²) >= 11 is 9.04. The molecule has 0 bridgehead atoms. The first-order valence-corrected chi connectivity index (χ1v) is 8.23. The van der Waals surface area contributed by atoms with Gasteiger partial charge in [-0.3, -0.25) is 0 Å². The molecule has 1 atom stereocenters. The molecule has 102 valence electrons. The maximum absolute atomic E-state index is 12.1. The number of nitrogens with one attached hydrogen (secondary N) is 1. The predicted molar refractivity (Wildman–Crippen MR) is 77.2 cm³/mol. The molecule has 0 aromatic heterocycles. The number of rotatable bonds is 6. The summed E-state index contributed by atoms with van der Waals surface area (Å²) in [6.45, 7) is 2.26. The first-order chi connectivity index (χ1) is 8.40. The number of sulfonamides is 1. The molecule has 3 N–H and O–H groups in total. The van der Waals surface area contributed by atoms with Crippen LogP contribution in [0.1, 0.15) is 19.8 Å². The predicted octanol–water partition coefficient (Wildman–Crippen LogP) is 2.51. The minimum absolute atomic E-state index is 0.174. The molecular weight excluding hydrogens is 340 g/mol. The molecule has 7 heteroatoms. The summed E-state index contributed by atoms with van der Waals surface area (Å²) in [6.07, 6.45) is 1.58. The molecule has 0 saturated heterocycles. The van der Waals surface area contributed by atoms with Gasteiger partial charge in [0.2, 0.25) is 10.0 Å². The van der Waals surface area contributed by atoms with Crippen LogP contribution in [0, 0.1) is 0 Å². The Morgan fingerprint density at radius 1 is 1.50 bits per heavy atom. The summed E-state index contributed by atoms with van der Waals surface area (Å²) in [4.78, 5) is 0.174. The maximum Gasteiger partial charge on any atom is 0.240 e. The highest BCUT2D eigenvalue weighted by Gasteiger charge is 2.19. The van der Waals surface area contributed by atoms with Crippen LogP contribution in [0.4, 0.5) is 0 Å². The third kappa shape index (κ3) is 4.20. The van der Waals surface area contributed by atoms with Gasteiger partial charge in [0.25, 0.3) is 0 Å². The summed E-state index contributed by atoms with van der Waals surface area (Å²) in [6, 6.07) is 4.24. The van der Waals surface area contributed by atoms with Crippen molar-refractivity contribution in [3.8, 4) is 0 Å². The number of hydrogen-bond acceptors (Lipinski definition) is 3. The second kappa shape index (κ2) is 6.86. The van der Waals surface area contributed by atoms with E-state index in [-0.39, 0.29) is 17.5 Å². The summed E-state index contributed by atoms with van der Waals surface area (Å²) in [5.74, 6) is 0. The minimum Gasteiger partial charge on any atom is -0.329 e. The van der Waals surface area contributed by atoms with Crippen molar-refractivity contribution in [3.63, 3.8) is 0 Å². The second-order valence-electron chi connectivity index (χ2n) is 3.92. The van der Waals surface area contributed by atoms with Gasteiger partial charge in [-0.1, -0.05) is 24.9 Å². The van der Waals surface area contributed by atoms with Crippen molar-refractivity contribution < 1.29 is 8.42 Å². The molecule has 0 radical (unpaired) electrons. The average molecular weight is 356 g/mol. The molecule has 1 unspecified atom stereocenters. The van der Waals surface area contributed by atoms with Crippen LogP contribution in [0.2, 0.25) is 5.02 Å². The van der Waals surface area contributed by atoms with Crippen LogP contribution in [0.15, 0.2) is 27.6 Å². The molecule has 0 spiro atoms. The van der Waals surface area contributed by atoms with Gasteiger partial charge in [-0.15, -0.1) is 0 Å². The van der Waals surface area contributed by atoms with Gasteiger partial charge in [-0.25, -0.2) is 13.1 Å². The Morgan fingerprint density at radius 3 is 2.67 bits per heavy atom. The lowest BCUT2D eigenvalue weighted by molar-refractivity contribution is 0.527. The quantitative estimate of drug-likeness (QED) is 0.823. The van der Waals surface area contributed by atoms with E-state index < -0.39 is 10.0 Å². The molecule has 0 amide bonds. The number of hydrogen-bond donors (Lipinski definition) is 2. The van der Waals surface area contributed by atoms with Crippen LogP contribution in [0.5, 0.6) is 0 Å². The SMILES string of the molecule is CCCC(CN)NS(=O)(=O)c1ccc(Cl)c(Br)c1. The molecule has 0 aliphatic carbocycles. The summed E-state index contributed by atoms with van der Waals surface area (Å²) in [7, 11) is -3.55. The molecule has 0 aliphatic rings. The van der Waals surface area contributed by atoms with E-state index in [0.717, 1.165) is 6.42 Å². The molecule has 0 saturated carbocycles. The van der Waals surface area contributed by atoms with Gasteiger partial charge in [0.15, 0.2) is 0 Å². The summed E-state index contributed by atoms with van der Waals surface area (Å²) in [5, 5.41) is 0.470. The van der Waals surface area contributed by atoms with Crippen molar-refractivity contribution in [3.05, 3.63) is 27.7 Å². The van der Waals surface area contributed by atoms with Crippen LogP contribution in [-0.4, -0.2) is 21.0 Å². The summed E-state index contributed by atoms with van der Waals surface area (Å²) < 4.78 is 27.4. The van der Waals surface area contributed by atoms with E-state index in [1.807, 2.05) is 6.92 Å². The van der Waals surface area contributed by atoms with E-state index in [4.69, 9.17) is 17.3 Å². The Bertz CT molecular complexity index is 508. The van der Waals surface area contributed by atoms with E-state index in [9.17, 15) is 8.42 Å². The molecule has 18 heavy (non-hydrogen) atoms. The van der Waals surface area contributed by atoms with Crippen LogP contribution < -0.4 is 10.5 Å². The van der Waals surface area contributed by atoms with E-state index in [1.54, 1.807) is 0 Å². The van der Waals surface area contributed by atoms with Crippen molar-refractivity contribution in [2.24, 2.45) is 5.73 Å². The smallest absolute Gasteiger partial charge is 0.240 e. The lowest BCUT2D eigenvalue weighted by Crippen LogP contribution is -2.39. The van der Waals surface area contributed by atoms with Gasteiger partial charge in [-0.05, 0) is 40.5 Å². The Hall–Kier alpha value is -0.140. The van der Waals surface area contributed by atoms with Crippen molar-refractivity contribution in [1.29, 1.82) is 0 Å². The largest absolute Gasteiger partial charge is 0.329 e. The van der Waals surface area contributed by atoms with E-state index >= 15 is 0 Å². The zero-order valence-corrected chi connectivity index (χ0v) is 13.1. The molecule has 0 fully saturated rings. The van der Waals surface area contributed by atoms with Crippen LogP contribution >= 0.6 is 27.5 Å². The standard InChI is InChI=1S/C11H16BrClN2O2S/c1-2-3-8(7-14)15-18(16,17)9-4-5-11(13)10(12)6-9/h4-6,8,15H,2-3,7,14H2,1H3. The molecule has 1 aromatic rings. The Morgan fingerprint density at radius 2 is 2.17 bits per heavy atom. The van der Waals surface area contributed by atoms with Crippen molar-refractivity contribution >= 4 is 37.6 Å². The molecule has 1 rings (SSSR count). The minimum atomic E-state index is -3.55. The van der Waals surface area contributed by atoms with Gasteiger partial charge in [0.05, 0.1) is 9.92 Å². The van der Waals surface area contributed by atoms with Gasteiger partial charge in [0, 0.05) is 17.1 Å². The average Bonchev–Trinajstić information content (AvgIpc) is 2.31. The number of benzene rings is 1. The third-order valence-corrected chi connectivity index (χ3v) is 5.18. The van der Waals surface area contributed by atoms with Crippen molar-refractivity contribution in [1.82, 2.24) is 4.72 Å². The highest BCUT2D eigenvalue weighted by molar-refractivity contribution is 9.10. The van der Waals surface area contributed by atoms with E-state index in [1.165, 1.54) is 18.2 Å². The summed E-state index contributed by atoms with van der Waals surface area (Å²) in [5.41, 5.74) is 5.54. The highest BCUT2D eigenvalue weighted by Crippen LogP contribution is 2.25.